The number of rotatable bonds is 4. The van der Waals surface area contributed by atoms with Crippen LogP contribution in [0.15, 0.2) is 70.7 Å². The molecule has 0 atom stereocenters. The lowest BCUT2D eigenvalue weighted by Gasteiger charge is -2.12. The molecule has 0 unspecified atom stereocenters. The molecule has 4 rings (SSSR count). The Hall–Kier alpha value is -3.37. The highest BCUT2D eigenvalue weighted by Gasteiger charge is 2.21. The van der Waals surface area contributed by atoms with E-state index in [4.69, 9.17) is 11.6 Å². The zero-order valence-electron chi connectivity index (χ0n) is 14.9. The molecular formula is C19H11ClF2N4O3S. The largest absolute Gasteiger partial charge is 0.276 e. The molecule has 11 heteroatoms. The first-order chi connectivity index (χ1) is 14.2. The first-order valence-electron chi connectivity index (χ1n) is 8.36. The van der Waals surface area contributed by atoms with E-state index in [2.05, 4.69) is 14.7 Å². The molecule has 0 amide bonds. The van der Waals surface area contributed by atoms with Gasteiger partial charge in [0, 0.05) is 41.9 Å². The Morgan fingerprint density at radius 1 is 1.00 bits per heavy atom. The van der Waals surface area contributed by atoms with Gasteiger partial charge in [0.1, 0.15) is 22.2 Å². The zero-order valence-corrected chi connectivity index (χ0v) is 16.5. The third-order valence-electron chi connectivity index (χ3n) is 4.19. The maximum atomic E-state index is 13.9. The lowest BCUT2D eigenvalue weighted by Crippen LogP contribution is -2.15. The van der Waals surface area contributed by atoms with Crippen molar-refractivity contribution in [1.82, 2.24) is 14.4 Å². The van der Waals surface area contributed by atoms with E-state index in [-0.39, 0.29) is 16.4 Å². The van der Waals surface area contributed by atoms with Gasteiger partial charge in [-0.3, -0.25) is 13.9 Å². The van der Waals surface area contributed by atoms with Gasteiger partial charge in [-0.25, -0.2) is 27.2 Å². The number of fused-ring (bicyclic) bond motifs is 1. The van der Waals surface area contributed by atoms with Crippen molar-refractivity contribution < 1.29 is 17.2 Å². The summed E-state index contributed by atoms with van der Waals surface area (Å²) in [5.74, 6) is -2.15. The average molecular weight is 449 g/mol. The lowest BCUT2D eigenvalue weighted by molar-refractivity contribution is 0.551. The van der Waals surface area contributed by atoms with Crippen LogP contribution in [0, 0.1) is 11.6 Å². The second-order valence-electron chi connectivity index (χ2n) is 6.17. The molecule has 0 saturated heterocycles. The Labute approximate surface area is 173 Å². The van der Waals surface area contributed by atoms with Crippen molar-refractivity contribution >= 4 is 33.0 Å². The molecule has 30 heavy (non-hydrogen) atoms. The SMILES string of the molecule is O=c1ccnc2ccc(-c3cnc(Cl)c(NS(=O)(=O)c4ccc(F)cc4F)c3)cn12. The maximum absolute atomic E-state index is 13.9. The van der Waals surface area contributed by atoms with Crippen LogP contribution in [-0.4, -0.2) is 22.8 Å². The molecule has 1 aromatic carbocycles. The Bertz CT molecular complexity index is 1460. The van der Waals surface area contributed by atoms with Crippen LogP contribution >= 0.6 is 11.6 Å². The highest BCUT2D eigenvalue weighted by Crippen LogP contribution is 2.29. The van der Waals surface area contributed by atoms with Gasteiger partial charge in [-0.05, 0) is 30.3 Å². The molecule has 4 aromatic rings. The van der Waals surface area contributed by atoms with Crippen molar-refractivity contribution in [2.24, 2.45) is 0 Å². The fourth-order valence-electron chi connectivity index (χ4n) is 2.77. The van der Waals surface area contributed by atoms with Crippen LogP contribution in [-0.2, 0) is 10.0 Å². The first kappa shape index (κ1) is 19.9. The average Bonchev–Trinajstić information content (AvgIpc) is 2.69. The number of hydrogen-bond acceptors (Lipinski definition) is 5. The van der Waals surface area contributed by atoms with Crippen LogP contribution in [0.4, 0.5) is 14.5 Å². The molecule has 0 aliphatic heterocycles. The fourth-order valence-corrected chi connectivity index (χ4v) is 4.10. The van der Waals surface area contributed by atoms with E-state index in [1.807, 2.05) is 0 Å². The Morgan fingerprint density at radius 3 is 2.57 bits per heavy atom. The Morgan fingerprint density at radius 2 is 1.80 bits per heavy atom. The van der Waals surface area contributed by atoms with Gasteiger partial charge in [-0.15, -0.1) is 0 Å². The molecule has 3 heterocycles. The molecule has 0 fully saturated rings. The predicted molar refractivity (Wildman–Crippen MR) is 107 cm³/mol. The minimum atomic E-state index is -4.40. The summed E-state index contributed by atoms with van der Waals surface area (Å²) in [5.41, 5.74) is 0.999. The van der Waals surface area contributed by atoms with Gasteiger partial charge >= 0.3 is 0 Å². The van der Waals surface area contributed by atoms with Crippen LogP contribution in [0.3, 0.4) is 0 Å². The van der Waals surface area contributed by atoms with Crippen LogP contribution < -0.4 is 10.3 Å². The maximum Gasteiger partial charge on any atom is 0.264 e. The van der Waals surface area contributed by atoms with Gasteiger partial charge in [0.25, 0.3) is 15.6 Å². The van der Waals surface area contributed by atoms with Gasteiger partial charge in [0.2, 0.25) is 0 Å². The highest BCUT2D eigenvalue weighted by atomic mass is 35.5. The zero-order chi connectivity index (χ0) is 21.5. The molecule has 0 bridgehead atoms. The second-order valence-corrected chi connectivity index (χ2v) is 8.18. The van der Waals surface area contributed by atoms with Crippen LogP contribution in [0.1, 0.15) is 0 Å². The molecule has 3 aromatic heterocycles. The van der Waals surface area contributed by atoms with Crippen molar-refractivity contribution in [3.8, 4) is 11.1 Å². The molecule has 7 nitrogen and oxygen atoms in total. The van der Waals surface area contributed by atoms with Crippen LogP contribution in [0.2, 0.25) is 5.15 Å². The third-order valence-corrected chi connectivity index (χ3v) is 5.89. The number of sulfonamides is 1. The fraction of sp³-hybridized carbons (Fsp3) is 0. The second kappa shape index (κ2) is 7.47. The summed E-state index contributed by atoms with van der Waals surface area (Å²) in [4.78, 5) is 19.3. The van der Waals surface area contributed by atoms with Gasteiger partial charge in [0.05, 0.1) is 5.69 Å². The van der Waals surface area contributed by atoms with E-state index < -0.39 is 26.6 Å². The molecule has 0 radical (unpaired) electrons. The molecule has 1 N–H and O–H groups in total. The minimum absolute atomic E-state index is 0.114. The minimum Gasteiger partial charge on any atom is -0.276 e. The molecule has 0 saturated carbocycles. The number of pyridine rings is 2. The number of anilines is 1. The van der Waals surface area contributed by atoms with Gasteiger partial charge in [-0.1, -0.05) is 11.6 Å². The van der Waals surface area contributed by atoms with Crippen molar-refractivity contribution in [1.29, 1.82) is 0 Å². The Balaban J connectivity index is 1.75. The summed E-state index contributed by atoms with van der Waals surface area (Å²) in [5, 5.41) is -0.176. The van der Waals surface area contributed by atoms with Crippen molar-refractivity contribution in [2.45, 2.75) is 4.90 Å². The molecule has 152 valence electrons. The summed E-state index contributed by atoms with van der Waals surface area (Å²) < 4.78 is 55.6. The van der Waals surface area contributed by atoms with Crippen molar-refractivity contribution in [3.63, 3.8) is 0 Å². The summed E-state index contributed by atoms with van der Waals surface area (Å²) in [6, 6.07) is 8.07. The number of aromatic nitrogens is 3. The summed E-state index contributed by atoms with van der Waals surface area (Å²) in [7, 11) is -4.40. The molecule has 0 aliphatic carbocycles. The monoisotopic (exact) mass is 448 g/mol. The normalized spacial score (nSPS) is 11.6. The summed E-state index contributed by atoms with van der Waals surface area (Å²) in [6.45, 7) is 0. The molecular weight excluding hydrogens is 438 g/mol. The van der Waals surface area contributed by atoms with E-state index in [9.17, 15) is 22.0 Å². The van der Waals surface area contributed by atoms with E-state index in [0.29, 0.717) is 22.8 Å². The van der Waals surface area contributed by atoms with E-state index in [1.165, 1.54) is 35.1 Å². The third kappa shape index (κ3) is 3.74. The molecule has 0 spiro atoms. The van der Waals surface area contributed by atoms with Crippen molar-refractivity contribution in [2.75, 3.05) is 4.72 Å². The van der Waals surface area contributed by atoms with Gasteiger partial charge in [-0.2, -0.15) is 0 Å². The quantitative estimate of drug-likeness (QED) is 0.482. The number of nitrogens with zero attached hydrogens (tertiary/aromatic N) is 3. The molecule has 0 aliphatic rings. The number of nitrogens with one attached hydrogen (secondary N) is 1. The van der Waals surface area contributed by atoms with E-state index >= 15 is 0 Å². The summed E-state index contributed by atoms with van der Waals surface area (Å²) in [6.07, 6.45) is 4.30. The number of benzene rings is 1. The standard InChI is InChI=1S/C19H11ClF2N4O3S/c20-19-15(25-30(28,29)16-3-2-13(21)8-14(16)22)7-12(9-24-19)11-1-4-17-23-6-5-18(27)26(17)10-11/h1-10,25H. The van der Waals surface area contributed by atoms with Crippen LogP contribution in [0.25, 0.3) is 16.8 Å². The first-order valence-corrected chi connectivity index (χ1v) is 10.2. The smallest absolute Gasteiger partial charge is 0.264 e. The predicted octanol–water partition coefficient (Wildman–Crippen LogP) is 3.49. The van der Waals surface area contributed by atoms with Gasteiger partial charge < -0.3 is 0 Å². The van der Waals surface area contributed by atoms with Crippen molar-refractivity contribution in [3.05, 3.63) is 88.2 Å². The Kier molecular flexibility index (Phi) is 4.96. The lowest BCUT2D eigenvalue weighted by atomic mass is 10.1. The van der Waals surface area contributed by atoms with E-state index in [0.717, 1.165) is 12.1 Å². The van der Waals surface area contributed by atoms with Gasteiger partial charge in [0.15, 0.2) is 5.15 Å². The highest BCUT2D eigenvalue weighted by molar-refractivity contribution is 7.92. The van der Waals surface area contributed by atoms with E-state index in [1.54, 1.807) is 12.1 Å². The summed E-state index contributed by atoms with van der Waals surface area (Å²) >= 11 is 6.01. The topological polar surface area (TPSA) is 93.4 Å². The number of halogens is 3. The van der Waals surface area contributed by atoms with Crippen LogP contribution in [0.5, 0.6) is 0 Å². The number of hydrogen-bond donors (Lipinski definition) is 1.